The predicted molar refractivity (Wildman–Crippen MR) is 103 cm³/mol. The highest BCUT2D eigenvalue weighted by Crippen LogP contribution is 2.35. The summed E-state index contributed by atoms with van der Waals surface area (Å²) in [4.78, 5) is 6.16. The largest absolute Gasteiger partial charge is 0.497 e. The number of nitriles is 1. The summed E-state index contributed by atoms with van der Waals surface area (Å²) in [5.74, 6) is 0.855. The van der Waals surface area contributed by atoms with Crippen molar-refractivity contribution in [3.05, 3.63) is 47.5 Å². The summed E-state index contributed by atoms with van der Waals surface area (Å²) < 4.78 is 5.20. The number of nitrogens with one attached hydrogen (secondary N) is 1. The van der Waals surface area contributed by atoms with Gasteiger partial charge in [-0.15, -0.1) is 4.99 Å². The molecule has 0 saturated heterocycles. The van der Waals surface area contributed by atoms with Crippen LogP contribution in [0.5, 0.6) is 5.75 Å². The molecule has 0 fully saturated rings. The highest BCUT2D eigenvalue weighted by molar-refractivity contribution is 8.13. The summed E-state index contributed by atoms with van der Waals surface area (Å²) in [5.41, 5.74) is 3.29. The fourth-order valence-corrected chi connectivity index (χ4v) is 3.54. The molecule has 0 atom stereocenters. The van der Waals surface area contributed by atoms with Crippen molar-refractivity contribution in [2.75, 3.05) is 18.7 Å². The van der Waals surface area contributed by atoms with E-state index in [2.05, 4.69) is 48.4 Å². The second kappa shape index (κ2) is 8.67. The Morgan fingerprint density at radius 3 is 2.29 bits per heavy atom. The molecule has 2 aromatic carbocycles. The monoisotopic (exact) mass is 357 g/mol. The molecule has 0 aliphatic heterocycles. The van der Waals surface area contributed by atoms with Gasteiger partial charge in [-0.25, -0.2) is 0 Å². The van der Waals surface area contributed by atoms with Crippen LogP contribution in [-0.2, 0) is 0 Å². The highest BCUT2D eigenvalue weighted by Gasteiger charge is 2.09. The Kier molecular flexibility index (Phi) is 6.59. The third-order valence-electron chi connectivity index (χ3n) is 3.34. The first kappa shape index (κ1) is 18.2. The summed E-state index contributed by atoms with van der Waals surface area (Å²) in [6.45, 7) is 4.18. The number of hydrogen-bond acceptors (Lipinski definition) is 5. The van der Waals surface area contributed by atoms with Gasteiger partial charge in [-0.3, -0.25) is 0 Å². The normalized spacial score (nSPS) is 11.0. The lowest BCUT2D eigenvalue weighted by molar-refractivity contribution is 0.414. The number of thioether (sulfide) groups is 1. The molecule has 0 aliphatic rings. The minimum atomic E-state index is 0.590. The van der Waals surface area contributed by atoms with Crippen molar-refractivity contribution < 1.29 is 4.74 Å². The Morgan fingerprint density at radius 1 is 1.17 bits per heavy atom. The van der Waals surface area contributed by atoms with E-state index in [4.69, 9.17) is 10.00 Å². The number of aryl methyl sites for hydroxylation is 2. The van der Waals surface area contributed by atoms with E-state index in [-0.39, 0.29) is 0 Å². The second-order valence-corrected chi connectivity index (χ2v) is 6.94. The van der Waals surface area contributed by atoms with Crippen molar-refractivity contribution in [1.82, 2.24) is 0 Å². The van der Waals surface area contributed by atoms with Crippen molar-refractivity contribution in [1.29, 1.82) is 5.26 Å². The summed E-state index contributed by atoms with van der Waals surface area (Å²) in [6.07, 6.45) is 3.70. The molecular weight excluding hydrogens is 338 g/mol. The molecule has 1 N–H and O–H groups in total. The van der Waals surface area contributed by atoms with E-state index in [0.29, 0.717) is 5.17 Å². The Hall–Kier alpha value is -2.10. The van der Waals surface area contributed by atoms with Gasteiger partial charge >= 0.3 is 0 Å². The van der Waals surface area contributed by atoms with Crippen LogP contribution in [0.3, 0.4) is 0 Å². The first-order valence-corrected chi connectivity index (χ1v) is 9.32. The second-order valence-electron chi connectivity index (χ2n) is 5.06. The minimum Gasteiger partial charge on any atom is -0.497 e. The van der Waals surface area contributed by atoms with Crippen molar-refractivity contribution in [2.45, 2.75) is 23.6 Å². The smallest absolute Gasteiger partial charge is 0.208 e. The number of amidine groups is 1. The van der Waals surface area contributed by atoms with Gasteiger partial charge in [0, 0.05) is 15.5 Å². The van der Waals surface area contributed by atoms with Gasteiger partial charge in [-0.1, -0.05) is 23.5 Å². The van der Waals surface area contributed by atoms with E-state index in [1.165, 1.54) is 32.7 Å². The van der Waals surface area contributed by atoms with E-state index in [9.17, 15) is 0 Å². The molecule has 124 valence electrons. The van der Waals surface area contributed by atoms with Crippen LogP contribution in [0.25, 0.3) is 0 Å². The first-order chi connectivity index (χ1) is 11.6. The van der Waals surface area contributed by atoms with Gasteiger partial charge in [0.05, 0.1) is 7.11 Å². The van der Waals surface area contributed by atoms with Crippen LogP contribution in [0.2, 0.25) is 0 Å². The number of methoxy groups -OCH3 is 1. The Morgan fingerprint density at radius 2 is 1.79 bits per heavy atom. The van der Waals surface area contributed by atoms with Crippen LogP contribution in [0.15, 0.2) is 51.2 Å². The molecule has 2 aromatic rings. The Labute approximate surface area is 151 Å². The van der Waals surface area contributed by atoms with Gasteiger partial charge < -0.3 is 10.1 Å². The average Bonchev–Trinajstić information content (AvgIpc) is 2.58. The lowest BCUT2D eigenvalue weighted by Gasteiger charge is -2.14. The van der Waals surface area contributed by atoms with Crippen molar-refractivity contribution in [3.63, 3.8) is 0 Å². The van der Waals surface area contributed by atoms with E-state index in [1.54, 1.807) is 18.9 Å². The molecule has 4 nitrogen and oxygen atoms in total. The summed E-state index contributed by atoms with van der Waals surface area (Å²) >= 11 is 3.14. The molecule has 0 aliphatic carbocycles. The minimum absolute atomic E-state index is 0.590. The third kappa shape index (κ3) is 4.70. The molecule has 6 heteroatoms. The molecule has 24 heavy (non-hydrogen) atoms. The standard InChI is InChI=1S/C18H19N3OS2/c1-12-9-14(21-18(23-4)20-11-19)10-13(2)17(12)24-16-7-5-15(22-3)6-8-16/h5-10H,1-4H3,(H,20,21). The summed E-state index contributed by atoms with van der Waals surface area (Å²) in [5, 5.41) is 12.5. The van der Waals surface area contributed by atoms with E-state index in [0.717, 1.165) is 11.4 Å². The van der Waals surface area contributed by atoms with Gasteiger partial charge in [0.2, 0.25) is 6.19 Å². The maximum absolute atomic E-state index is 8.70. The zero-order chi connectivity index (χ0) is 17.5. The predicted octanol–water partition coefficient (Wildman–Crippen LogP) is 5.08. The fourth-order valence-electron chi connectivity index (χ4n) is 2.24. The summed E-state index contributed by atoms with van der Waals surface area (Å²) in [7, 11) is 1.67. The van der Waals surface area contributed by atoms with Crippen LogP contribution in [0.4, 0.5) is 5.69 Å². The maximum atomic E-state index is 8.70. The zero-order valence-corrected chi connectivity index (χ0v) is 15.7. The number of rotatable bonds is 4. The van der Waals surface area contributed by atoms with Crippen molar-refractivity contribution in [3.8, 4) is 11.9 Å². The topological polar surface area (TPSA) is 57.4 Å². The molecule has 0 saturated carbocycles. The van der Waals surface area contributed by atoms with Crippen molar-refractivity contribution in [2.24, 2.45) is 4.99 Å². The molecule has 0 aromatic heterocycles. The molecule has 0 amide bonds. The lowest BCUT2D eigenvalue weighted by Crippen LogP contribution is -2.07. The molecular formula is C18H19N3OS2. The molecule has 0 heterocycles. The Balaban J connectivity index is 2.23. The SMILES string of the molecule is COc1ccc(Sc2c(C)cc(N/C(=N/C#N)SC)cc2C)cc1. The van der Waals surface area contributed by atoms with Gasteiger partial charge in [0.25, 0.3) is 0 Å². The molecule has 0 spiro atoms. The molecule has 0 unspecified atom stereocenters. The van der Waals surface area contributed by atoms with Gasteiger partial charge in [0.1, 0.15) is 5.75 Å². The average molecular weight is 358 g/mol. The van der Waals surface area contributed by atoms with Crippen LogP contribution in [0.1, 0.15) is 11.1 Å². The van der Waals surface area contributed by atoms with E-state index in [1.807, 2.05) is 24.6 Å². The van der Waals surface area contributed by atoms with Gasteiger partial charge in [-0.2, -0.15) is 5.26 Å². The summed E-state index contributed by atoms with van der Waals surface area (Å²) in [6, 6.07) is 12.2. The lowest BCUT2D eigenvalue weighted by atomic mass is 10.1. The Bertz CT molecular complexity index is 757. The van der Waals surface area contributed by atoms with Gasteiger partial charge in [0.15, 0.2) is 5.17 Å². The highest BCUT2D eigenvalue weighted by atomic mass is 32.2. The van der Waals surface area contributed by atoms with E-state index >= 15 is 0 Å². The van der Waals surface area contributed by atoms with Crippen LogP contribution in [0, 0.1) is 25.3 Å². The number of benzene rings is 2. The van der Waals surface area contributed by atoms with E-state index < -0.39 is 0 Å². The molecule has 2 rings (SSSR count). The quantitative estimate of drug-likeness (QED) is 0.470. The molecule has 0 radical (unpaired) electrons. The third-order valence-corrected chi connectivity index (χ3v) is 5.27. The van der Waals surface area contributed by atoms with Crippen molar-refractivity contribution >= 4 is 34.4 Å². The number of hydrogen-bond donors (Lipinski definition) is 1. The van der Waals surface area contributed by atoms with Crippen LogP contribution in [-0.4, -0.2) is 18.5 Å². The first-order valence-electron chi connectivity index (χ1n) is 7.28. The fraction of sp³-hybridized carbons (Fsp3) is 0.222. The van der Waals surface area contributed by atoms with Crippen LogP contribution < -0.4 is 10.1 Å². The van der Waals surface area contributed by atoms with Crippen LogP contribution >= 0.6 is 23.5 Å². The number of nitrogens with zero attached hydrogens (tertiary/aromatic N) is 2. The zero-order valence-electron chi connectivity index (χ0n) is 14.1. The number of ether oxygens (including phenoxy) is 1. The number of aliphatic imine (C=N–C) groups is 1. The number of anilines is 1. The molecule has 0 bridgehead atoms. The maximum Gasteiger partial charge on any atom is 0.208 e. The van der Waals surface area contributed by atoms with Gasteiger partial charge in [-0.05, 0) is 67.6 Å².